The number of amides is 2. The maximum Gasteiger partial charge on any atom is 0.261 e. The number of hydrogen-bond acceptors (Lipinski definition) is 4. The first-order valence-corrected chi connectivity index (χ1v) is 7.10. The fourth-order valence-electron chi connectivity index (χ4n) is 1.34. The molecule has 2 rings (SSSR count). The second-order valence-corrected chi connectivity index (χ2v) is 6.17. The zero-order chi connectivity index (χ0) is 14.5. The van der Waals surface area contributed by atoms with Crippen LogP contribution in [-0.4, -0.2) is 23.3 Å². The van der Waals surface area contributed by atoms with Crippen LogP contribution in [0.15, 0.2) is 34.2 Å². The Morgan fingerprint density at radius 2 is 2.10 bits per heavy atom. The minimum absolute atomic E-state index is 0.175. The monoisotopic (exact) mass is 357 g/mol. The van der Waals surface area contributed by atoms with Gasteiger partial charge in [0.15, 0.2) is 0 Å². The molecule has 20 heavy (non-hydrogen) atoms. The highest BCUT2D eigenvalue weighted by molar-refractivity contribution is 9.11. The number of rotatable bonds is 4. The Balaban J connectivity index is 1.83. The van der Waals surface area contributed by atoms with Gasteiger partial charge in [-0.1, -0.05) is 0 Å². The topological polar surface area (TPSA) is 71.1 Å². The minimum atomic E-state index is -0.625. The molecule has 0 unspecified atom stereocenters. The van der Waals surface area contributed by atoms with Crippen LogP contribution < -0.4 is 10.6 Å². The van der Waals surface area contributed by atoms with Gasteiger partial charge in [-0.05, 0) is 40.2 Å². The summed E-state index contributed by atoms with van der Waals surface area (Å²) in [5, 5.41) is 4.98. The van der Waals surface area contributed by atoms with Crippen LogP contribution in [0.5, 0.6) is 0 Å². The van der Waals surface area contributed by atoms with Gasteiger partial charge >= 0.3 is 0 Å². The molecule has 8 heteroatoms. The number of pyridine rings is 1. The van der Waals surface area contributed by atoms with Crippen LogP contribution in [0.25, 0.3) is 0 Å². The molecule has 0 aliphatic carbocycles. The van der Waals surface area contributed by atoms with E-state index in [1.165, 1.54) is 23.6 Å². The summed E-state index contributed by atoms with van der Waals surface area (Å²) >= 11 is 4.53. The maximum absolute atomic E-state index is 12.6. The maximum atomic E-state index is 12.6. The lowest BCUT2D eigenvalue weighted by Gasteiger charge is -2.05. The second-order valence-electron chi connectivity index (χ2n) is 3.70. The average Bonchev–Trinajstić information content (AvgIpc) is 2.85. The molecular weight excluding hydrogens is 349 g/mol. The number of hydrogen-bond donors (Lipinski definition) is 2. The molecule has 0 spiro atoms. The van der Waals surface area contributed by atoms with Crippen molar-refractivity contribution in [2.24, 2.45) is 0 Å². The van der Waals surface area contributed by atoms with Gasteiger partial charge in [0.25, 0.3) is 5.91 Å². The first kappa shape index (κ1) is 14.6. The fraction of sp³-hybridized carbons (Fsp3) is 0.0833. The smallest absolute Gasteiger partial charge is 0.261 e. The third kappa shape index (κ3) is 4.10. The Hall–Kier alpha value is -1.80. The van der Waals surface area contributed by atoms with Crippen molar-refractivity contribution in [1.29, 1.82) is 0 Å². The number of carbonyl (C=O) groups is 2. The van der Waals surface area contributed by atoms with Crippen LogP contribution in [0.2, 0.25) is 0 Å². The molecule has 0 saturated carbocycles. The van der Waals surface area contributed by atoms with Gasteiger partial charge in [0.1, 0.15) is 0 Å². The highest BCUT2D eigenvalue weighted by atomic mass is 79.9. The molecule has 0 aliphatic rings. The Kier molecular flexibility index (Phi) is 4.80. The van der Waals surface area contributed by atoms with E-state index in [0.717, 1.165) is 9.85 Å². The summed E-state index contributed by atoms with van der Waals surface area (Å²) in [6.45, 7) is -0.175. The predicted molar refractivity (Wildman–Crippen MR) is 77.2 cm³/mol. The summed E-state index contributed by atoms with van der Waals surface area (Å²) in [5.74, 6) is -1.37. The number of aromatic nitrogens is 1. The van der Waals surface area contributed by atoms with E-state index < -0.39 is 11.9 Å². The number of thiophene rings is 1. The molecule has 2 aromatic heterocycles. The lowest BCUT2D eigenvalue weighted by atomic mass is 10.4. The van der Waals surface area contributed by atoms with E-state index in [9.17, 15) is 14.0 Å². The van der Waals surface area contributed by atoms with Crippen molar-refractivity contribution in [3.05, 3.63) is 45.1 Å². The van der Waals surface area contributed by atoms with Gasteiger partial charge in [-0.3, -0.25) is 9.59 Å². The second kappa shape index (κ2) is 6.58. The van der Waals surface area contributed by atoms with Crippen LogP contribution in [-0.2, 0) is 4.79 Å². The van der Waals surface area contributed by atoms with E-state index in [0.29, 0.717) is 10.6 Å². The molecule has 2 N–H and O–H groups in total. The normalized spacial score (nSPS) is 10.1. The molecular formula is C12H9BrFN3O2S. The first-order chi connectivity index (χ1) is 9.54. The molecule has 0 aliphatic heterocycles. The number of nitrogens with zero attached hydrogens (tertiary/aromatic N) is 1. The molecule has 2 amide bonds. The highest BCUT2D eigenvalue weighted by Crippen LogP contribution is 2.21. The van der Waals surface area contributed by atoms with Crippen LogP contribution >= 0.6 is 27.3 Å². The van der Waals surface area contributed by atoms with Gasteiger partial charge in [0, 0.05) is 0 Å². The summed E-state index contributed by atoms with van der Waals surface area (Å²) in [6.07, 6.45) is 1.20. The van der Waals surface area contributed by atoms with Crippen molar-refractivity contribution in [3.63, 3.8) is 0 Å². The standard InChI is InChI=1S/C12H9BrFN3O2S/c13-9-3-2-8(20-9)12(19)16-6-11(18)17-7-1-4-10(14)15-5-7/h1-5H,6H2,(H,16,19)(H,17,18). The van der Waals surface area contributed by atoms with Crippen molar-refractivity contribution in [1.82, 2.24) is 10.3 Å². The van der Waals surface area contributed by atoms with E-state index in [1.54, 1.807) is 12.1 Å². The number of halogens is 2. The molecule has 0 saturated heterocycles. The summed E-state index contributed by atoms with van der Waals surface area (Å²) in [4.78, 5) is 27.2. The third-order valence-electron chi connectivity index (χ3n) is 2.22. The van der Waals surface area contributed by atoms with Crippen molar-refractivity contribution < 1.29 is 14.0 Å². The molecule has 0 atom stereocenters. The Bertz CT molecular complexity index is 630. The summed E-state index contributed by atoms with van der Waals surface area (Å²) in [6, 6.07) is 5.94. The van der Waals surface area contributed by atoms with Crippen LogP contribution in [0.1, 0.15) is 9.67 Å². The Morgan fingerprint density at radius 3 is 2.70 bits per heavy atom. The lowest BCUT2D eigenvalue weighted by molar-refractivity contribution is -0.115. The number of nitrogens with one attached hydrogen (secondary N) is 2. The zero-order valence-electron chi connectivity index (χ0n) is 10.0. The Labute approximate surface area is 126 Å². The number of anilines is 1. The molecule has 5 nitrogen and oxygen atoms in total. The molecule has 2 heterocycles. The van der Waals surface area contributed by atoms with E-state index in [4.69, 9.17) is 0 Å². The average molecular weight is 358 g/mol. The van der Waals surface area contributed by atoms with Gasteiger partial charge in [-0.15, -0.1) is 11.3 Å². The third-order valence-corrected chi connectivity index (χ3v) is 3.84. The van der Waals surface area contributed by atoms with Gasteiger partial charge in [-0.2, -0.15) is 4.39 Å². The Morgan fingerprint density at radius 1 is 1.30 bits per heavy atom. The number of carbonyl (C=O) groups excluding carboxylic acids is 2. The quantitative estimate of drug-likeness (QED) is 0.825. The summed E-state index contributed by atoms with van der Waals surface area (Å²) in [5.41, 5.74) is 0.365. The van der Waals surface area contributed by atoms with Crippen LogP contribution in [0.3, 0.4) is 0 Å². The van der Waals surface area contributed by atoms with Gasteiger partial charge in [0.05, 0.1) is 27.1 Å². The SMILES string of the molecule is O=C(CNC(=O)c1ccc(Br)s1)Nc1ccc(F)nc1. The summed E-state index contributed by atoms with van der Waals surface area (Å²) < 4.78 is 13.4. The van der Waals surface area contributed by atoms with Crippen molar-refractivity contribution >= 4 is 44.8 Å². The van der Waals surface area contributed by atoms with Crippen molar-refractivity contribution in [2.45, 2.75) is 0 Å². The van der Waals surface area contributed by atoms with Gasteiger partial charge in [-0.25, -0.2) is 4.98 Å². The molecule has 0 aromatic carbocycles. The van der Waals surface area contributed by atoms with Crippen LogP contribution in [0, 0.1) is 5.95 Å². The lowest BCUT2D eigenvalue weighted by Crippen LogP contribution is -2.32. The summed E-state index contributed by atoms with van der Waals surface area (Å²) in [7, 11) is 0. The van der Waals surface area contributed by atoms with E-state index in [-0.39, 0.29) is 12.5 Å². The van der Waals surface area contributed by atoms with Crippen molar-refractivity contribution in [3.8, 4) is 0 Å². The van der Waals surface area contributed by atoms with E-state index in [2.05, 4.69) is 31.5 Å². The molecule has 0 fully saturated rings. The van der Waals surface area contributed by atoms with Crippen molar-refractivity contribution in [2.75, 3.05) is 11.9 Å². The largest absolute Gasteiger partial charge is 0.342 e. The van der Waals surface area contributed by atoms with Gasteiger partial charge in [0.2, 0.25) is 11.9 Å². The van der Waals surface area contributed by atoms with Gasteiger partial charge < -0.3 is 10.6 Å². The molecule has 104 valence electrons. The first-order valence-electron chi connectivity index (χ1n) is 5.49. The zero-order valence-corrected chi connectivity index (χ0v) is 12.4. The minimum Gasteiger partial charge on any atom is -0.342 e. The molecule has 2 aromatic rings. The molecule has 0 radical (unpaired) electrons. The highest BCUT2D eigenvalue weighted by Gasteiger charge is 2.10. The predicted octanol–water partition coefficient (Wildman–Crippen LogP) is 2.41. The van der Waals surface area contributed by atoms with E-state index >= 15 is 0 Å². The van der Waals surface area contributed by atoms with E-state index in [1.807, 2.05) is 0 Å². The molecule has 0 bridgehead atoms. The van der Waals surface area contributed by atoms with Crippen LogP contribution in [0.4, 0.5) is 10.1 Å². The fourth-order valence-corrected chi connectivity index (χ4v) is 2.64.